The van der Waals surface area contributed by atoms with Crippen LogP contribution < -0.4 is 11.1 Å². The number of benzene rings is 1. The Kier molecular flexibility index (Phi) is 4.44. The van der Waals surface area contributed by atoms with E-state index in [0.717, 1.165) is 16.3 Å². The second-order valence-electron chi connectivity index (χ2n) is 5.64. The fourth-order valence-electron chi connectivity index (χ4n) is 1.94. The summed E-state index contributed by atoms with van der Waals surface area (Å²) >= 11 is 1.62. The third-order valence-corrected chi connectivity index (χ3v) is 4.84. The van der Waals surface area contributed by atoms with Crippen molar-refractivity contribution < 1.29 is 4.79 Å². The molecule has 1 heterocycles. The first-order valence-electron chi connectivity index (χ1n) is 6.89. The van der Waals surface area contributed by atoms with Crippen molar-refractivity contribution in [2.24, 2.45) is 5.73 Å². The van der Waals surface area contributed by atoms with E-state index in [0.29, 0.717) is 12.1 Å². The minimum absolute atomic E-state index is 0.103. The fourth-order valence-corrected chi connectivity index (χ4v) is 2.91. The molecule has 0 atom stereocenters. The van der Waals surface area contributed by atoms with Gasteiger partial charge in [-0.3, -0.25) is 4.79 Å². The maximum atomic E-state index is 12.4. The number of amides is 1. The maximum absolute atomic E-state index is 12.4. The summed E-state index contributed by atoms with van der Waals surface area (Å²) in [5.74, 6) is -0.103. The van der Waals surface area contributed by atoms with Crippen molar-refractivity contribution in [2.45, 2.75) is 39.8 Å². The molecule has 1 aromatic carbocycles. The summed E-state index contributed by atoms with van der Waals surface area (Å²) in [4.78, 5) is 18.1. The van der Waals surface area contributed by atoms with Crippen molar-refractivity contribution in [1.82, 2.24) is 10.3 Å². The Labute approximate surface area is 129 Å². The monoisotopic (exact) mass is 303 g/mol. The molecule has 0 aliphatic carbocycles. The molecule has 5 heteroatoms. The number of nitrogens with one attached hydrogen (secondary N) is 1. The lowest BCUT2D eigenvalue weighted by molar-refractivity contribution is 0.0912. The van der Waals surface area contributed by atoms with Gasteiger partial charge in [0.15, 0.2) is 0 Å². The molecule has 0 radical (unpaired) electrons. The van der Waals surface area contributed by atoms with Crippen LogP contribution in [0.1, 0.15) is 45.3 Å². The summed E-state index contributed by atoms with van der Waals surface area (Å²) < 4.78 is 0. The number of rotatable bonds is 4. The topological polar surface area (TPSA) is 68.0 Å². The van der Waals surface area contributed by atoms with E-state index in [9.17, 15) is 4.79 Å². The number of nitrogens with zero attached hydrogens (tertiary/aromatic N) is 1. The van der Waals surface area contributed by atoms with Gasteiger partial charge in [0.2, 0.25) is 0 Å². The molecule has 0 saturated carbocycles. The van der Waals surface area contributed by atoms with E-state index < -0.39 is 5.54 Å². The number of thiazole rings is 1. The van der Waals surface area contributed by atoms with E-state index in [1.54, 1.807) is 23.5 Å². The maximum Gasteiger partial charge on any atom is 0.252 e. The zero-order valence-electron chi connectivity index (χ0n) is 12.9. The van der Waals surface area contributed by atoms with Crippen LogP contribution in [0.5, 0.6) is 0 Å². The minimum atomic E-state index is -0.493. The average Bonchev–Trinajstić information content (AvgIpc) is 2.79. The molecule has 0 bridgehead atoms. The zero-order chi connectivity index (χ0) is 15.6. The van der Waals surface area contributed by atoms with Crippen molar-refractivity contribution in [1.29, 1.82) is 0 Å². The molecule has 0 saturated heterocycles. The predicted molar refractivity (Wildman–Crippen MR) is 86.4 cm³/mol. The Bertz CT molecular complexity index is 625. The highest BCUT2D eigenvalue weighted by Gasteiger charge is 2.27. The Morgan fingerprint density at radius 1 is 1.29 bits per heavy atom. The van der Waals surface area contributed by atoms with E-state index >= 15 is 0 Å². The van der Waals surface area contributed by atoms with Crippen molar-refractivity contribution in [3.05, 3.63) is 51.0 Å². The standard InChI is InChI=1S/C16H21N3OS/c1-10-11(2)21-15(18-10)16(3,4)19-14(20)13-7-5-12(9-17)6-8-13/h5-8H,9,17H2,1-4H3,(H,19,20). The van der Waals surface area contributed by atoms with Crippen LogP contribution in [0.3, 0.4) is 0 Å². The van der Waals surface area contributed by atoms with Gasteiger partial charge < -0.3 is 11.1 Å². The van der Waals surface area contributed by atoms with Crippen LogP contribution in [0.2, 0.25) is 0 Å². The molecular formula is C16H21N3OS. The van der Waals surface area contributed by atoms with E-state index in [2.05, 4.69) is 10.3 Å². The highest BCUT2D eigenvalue weighted by atomic mass is 32.1. The molecular weight excluding hydrogens is 282 g/mol. The van der Waals surface area contributed by atoms with Crippen LogP contribution in [-0.4, -0.2) is 10.9 Å². The Balaban J connectivity index is 2.16. The smallest absolute Gasteiger partial charge is 0.252 e. The molecule has 2 aromatic rings. The van der Waals surface area contributed by atoms with Crippen LogP contribution in [0.15, 0.2) is 24.3 Å². The first-order valence-corrected chi connectivity index (χ1v) is 7.71. The van der Waals surface area contributed by atoms with Gasteiger partial charge in [-0.15, -0.1) is 11.3 Å². The summed E-state index contributed by atoms with van der Waals surface area (Å²) in [5, 5.41) is 3.97. The van der Waals surface area contributed by atoms with E-state index in [4.69, 9.17) is 5.73 Å². The fraction of sp³-hybridized carbons (Fsp3) is 0.375. The largest absolute Gasteiger partial charge is 0.341 e. The number of hydrogen-bond acceptors (Lipinski definition) is 4. The van der Waals surface area contributed by atoms with Crippen molar-refractivity contribution in [3.63, 3.8) is 0 Å². The highest BCUT2D eigenvalue weighted by molar-refractivity contribution is 7.11. The van der Waals surface area contributed by atoms with E-state index in [1.807, 2.05) is 39.8 Å². The van der Waals surface area contributed by atoms with Crippen LogP contribution in [0, 0.1) is 13.8 Å². The predicted octanol–water partition coefficient (Wildman–Crippen LogP) is 2.88. The van der Waals surface area contributed by atoms with Gasteiger partial charge in [-0.2, -0.15) is 0 Å². The zero-order valence-corrected chi connectivity index (χ0v) is 13.7. The summed E-state index contributed by atoms with van der Waals surface area (Å²) in [6.07, 6.45) is 0. The SMILES string of the molecule is Cc1nc(C(C)(C)NC(=O)c2ccc(CN)cc2)sc1C. The summed E-state index contributed by atoms with van der Waals surface area (Å²) in [7, 11) is 0. The van der Waals surface area contributed by atoms with Crippen molar-refractivity contribution in [2.75, 3.05) is 0 Å². The molecule has 2 rings (SSSR count). The van der Waals surface area contributed by atoms with Gasteiger partial charge in [-0.25, -0.2) is 4.98 Å². The number of aryl methyl sites for hydroxylation is 2. The number of nitrogens with two attached hydrogens (primary N) is 1. The first kappa shape index (κ1) is 15.7. The quantitative estimate of drug-likeness (QED) is 0.912. The lowest BCUT2D eigenvalue weighted by atomic mass is 10.0. The van der Waals surface area contributed by atoms with Gasteiger partial charge in [-0.1, -0.05) is 12.1 Å². The molecule has 0 unspecified atom stereocenters. The molecule has 21 heavy (non-hydrogen) atoms. The van der Waals surface area contributed by atoms with Gasteiger partial charge in [0.1, 0.15) is 5.01 Å². The first-order chi connectivity index (χ1) is 9.83. The number of hydrogen-bond donors (Lipinski definition) is 2. The molecule has 3 N–H and O–H groups in total. The Hall–Kier alpha value is -1.72. The van der Waals surface area contributed by atoms with Gasteiger partial charge >= 0.3 is 0 Å². The van der Waals surface area contributed by atoms with Gasteiger partial charge in [0.25, 0.3) is 5.91 Å². The Morgan fingerprint density at radius 3 is 2.38 bits per heavy atom. The lowest BCUT2D eigenvalue weighted by Gasteiger charge is -2.24. The number of carbonyl (C=O) groups excluding carboxylic acids is 1. The number of carbonyl (C=O) groups is 1. The van der Waals surface area contributed by atoms with E-state index in [1.165, 1.54) is 4.88 Å². The Morgan fingerprint density at radius 2 is 1.90 bits per heavy atom. The van der Waals surface area contributed by atoms with Crippen LogP contribution in [0.25, 0.3) is 0 Å². The van der Waals surface area contributed by atoms with E-state index in [-0.39, 0.29) is 5.91 Å². The molecule has 0 fully saturated rings. The summed E-state index contributed by atoms with van der Waals surface area (Å²) in [6, 6.07) is 7.34. The molecule has 0 spiro atoms. The van der Waals surface area contributed by atoms with Crippen LogP contribution in [-0.2, 0) is 12.1 Å². The summed E-state index contributed by atoms with van der Waals surface area (Å²) in [5.41, 5.74) is 7.73. The van der Waals surface area contributed by atoms with Gasteiger partial charge in [-0.05, 0) is 45.4 Å². The van der Waals surface area contributed by atoms with Crippen LogP contribution >= 0.6 is 11.3 Å². The number of aromatic nitrogens is 1. The molecule has 0 aliphatic rings. The van der Waals surface area contributed by atoms with Crippen molar-refractivity contribution >= 4 is 17.2 Å². The minimum Gasteiger partial charge on any atom is -0.341 e. The third-order valence-electron chi connectivity index (χ3n) is 3.44. The molecule has 1 amide bonds. The third kappa shape index (κ3) is 3.49. The van der Waals surface area contributed by atoms with Gasteiger partial charge in [0, 0.05) is 17.0 Å². The van der Waals surface area contributed by atoms with Gasteiger partial charge in [0.05, 0.1) is 11.2 Å². The molecule has 0 aliphatic heterocycles. The molecule has 4 nitrogen and oxygen atoms in total. The molecule has 112 valence electrons. The average molecular weight is 303 g/mol. The second-order valence-corrected chi connectivity index (χ2v) is 6.84. The van der Waals surface area contributed by atoms with Crippen molar-refractivity contribution in [3.8, 4) is 0 Å². The second kappa shape index (κ2) is 5.95. The summed E-state index contributed by atoms with van der Waals surface area (Å²) in [6.45, 7) is 8.44. The highest BCUT2D eigenvalue weighted by Crippen LogP contribution is 2.27. The lowest BCUT2D eigenvalue weighted by Crippen LogP contribution is -2.41. The van der Waals surface area contributed by atoms with Crippen LogP contribution in [0.4, 0.5) is 0 Å². The normalized spacial score (nSPS) is 11.5. The molecule has 1 aromatic heterocycles.